The smallest absolute Gasteiger partial charge is 0.0185 e. The molecule has 2 rings (SSSR count). The molecule has 3 heteroatoms. The zero-order chi connectivity index (χ0) is 12.6. The van der Waals surface area contributed by atoms with Crippen LogP contribution in [-0.2, 0) is 5.75 Å². The molecule has 0 atom stereocenters. The van der Waals surface area contributed by atoms with E-state index in [9.17, 15) is 0 Å². The molecule has 0 bridgehead atoms. The molecule has 1 aromatic carbocycles. The first-order valence-electron chi connectivity index (χ1n) is 6.89. The predicted molar refractivity (Wildman–Crippen MR) is 81.1 cm³/mol. The van der Waals surface area contributed by atoms with Crippen LogP contribution < -0.4 is 5.32 Å². The summed E-state index contributed by atoms with van der Waals surface area (Å²) in [4.78, 5) is 2.54. The van der Waals surface area contributed by atoms with Gasteiger partial charge in [0.25, 0.3) is 0 Å². The molecule has 1 aromatic rings. The first kappa shape index (κ1) is 13.9. The maximum Gasteiger partial charge on any atom is 0.0185 e. The Morgan fingerprint density at radius 3 is 2.67 bits per heavy atom. The highest BCUT2D eigenvalue weighted by atomic mass is 32.2. The van der Waals surface area contributed by atoms with Crippen molar-refractivity contribution in [2.24, 2.45) is 0 Å². The normalized spacial score (nSPS) is 17.2. The molecule has 1 fully saturated rings. The molecule has 1 aliphatic rings. The number of nitrogens with zero attached hydrogens (tertiary/aromatic N) is 1. The fraction of sp³-hybridized carbons (Fsp3) is 0.600. The van der Waals surface area contributed by atoms with Crippen LogP contribution in [-0.4, -0.2) is 43.4 Å². The van der Waals surface area contributed by atoms with E-state index in [1.54, 1.807) is 0 Å². The fourth-order valence-corrected chi connectivity index (χ4v) is 3.39. The minimum Gasteiger partial charge on any atom is -0.317 e. The minimum atomic E-state index is 0.795. The predicted octanol–water partition coefficient (Wildman–Crippen LogP) is 2.60. The Morgan fingerprint density at radius 1 is 1.22 bits per heavy atom. The number of benzene rings is 1. The van der Waals surface area contributed by atoms with E-state index < -0.39 is 0 Å². The molecule has 1 N–H and O–H groups in total. The third kappa shape index (κ3) is 4.63. The van der Waals surface area contributed by atoms with E-state index in [4.69, 9.17) is 0 Å². The molecule has 1 aliphatic heterocycles. The van der Waals surface area contributed by atoms with Gasteiger partial charge in [0, 0.05) is 24.1 Å². The fourth-order valence-electron chi connectivity index (χ4n) is 2.40. The second-order valence-electron chi connectivity index (χ2n) is 5.00. The van der Waals surface area contributed by atoms with Crippen molar-refractivity contribution in [3.05, 3.63) is 35.9 Å². The Hall–Kier alpha value is -0.510. The van der Waals surface area contributed by atoms with Crippen LogP contribution in [0.3, 0.4) is 0 Å². The van der Waals surface area contributed by atoms with Gasteiger partial charge in [-0.05, 0) is 38.5 Å². The SMILES string of the molecule is CN(CCSCc1ccccc1)C1CCNCC1. The Morgan fingerprint density at radius 2 is 1.94 bits per heavy atom. The van der Waals surface area contributed by atoms with Crippen molar-refractivity contribution >= 4 is 11.8 Å². The molecule has 100 valence electrons. The van der Waals surface area contributed by atoms with E-state index in [0.717, 1.165) is 11.8 Å². The van der Waals surface area contributed by atoms with Gasteiger partial charge in [-0.3, -0.25) is 0 Å². The quantitative estimate of drug-likeness (QED) is 0.795. The average molecular weight is 264 g/mol. The Balaban J connectivity index is 1.60. The molecule has 0 radical (unpaired) electrons. The number of hydrogen-bond donors (Lipinski definition) is 1. The van der Waals surface area contributed by atoms with Gasteiger partial charge in [0.05, 0.1) is 0 Å². The second-order valence-corrected chi connectivity index (χ2v) is 6.11. The summed E-state index contributed by atoms with van der Waals surface area (Å²) in [6.07, 6.45) is 2.61. The number of thioether (sulfide) groups is 1. The number of hydrogen-bond acceptors (Lipinski definition) is 3. The van der Waals surface area contributed by atoms with E-state index in [2.05, 4.69) is 47.6 Å². The van der Waals surface area contributed by atoms with E-state index in [0.29, 0.717) is 0 Å². The summed E-state index contributed by atoms with van der Waals surface area (Å²) < 4.78 is 0. The molecular formula is C15H24N2S. The molecular weight excluding hydrogens is 240 g/mol. The highest BCUT2D eigenvalue weighted by Crippen LogP contribution is 2.14. The Labute approximate surface area is 115 Å². The van der Waals surface area contributed by atoms with Gasteiger partial charge in [-0.15, -0.1) is 0 Å². The monoisotopic (exact) mass is 264 g/mol. The van der Waals surface area contributed by atoms with Crippen LogP contribution in [0.5, 0.6) is 0 Å². The lowest BCUT2D eigenvalue weighted by atomic mass is 10.1. The topological polar surface area (TPSA) is 15.3 Å². The van der Waals surface area contributed by atoms with Crippen molar-refractivity contribution in [2.75, 3.05) is 32.4 Å². The van der Waals surface area contributed by atoms with Gasteiger partial charge in [0.2, 0.25) is 0 Å². The number of nitrogens with one attached hydrogen (secondary N) is 1. The Kier molecular flexibility index (Phi) is 6.05. The first-order chi connectivity index (χ1) is 8.86. The molecule has 1 heterocycles. The Bertz CT molecular complexity index is 323. The molecule has 2 nitrogen and oxygen atoms in total. The molecule has 0 aliphatic carbocycles. The van der Waals surface area contributed by atoms with Crippen LogP contribution in [0.4, 0.5) is 0 Å². The lowest BCUT2D eigenvalue weighted by molar-refractivity contribution is 0.210. The standard InChI is InChI=1S/C15H24N2S/c1-17(15-7-9-16-10-8-15)11-12-18-13-14-5-3-2-4-6-14/h2-6,15-16H,7-13H2,1H3. The first-order valence-corrected chi connectivity index (χ1v) is 8.04. The summed E-state index contributed by atoms with van der Waals surface area (Å²) >= 11 is 2.04. The highest BCUT2D eigenvalue weighted by molar-refractivity contribution is 7.98. The second kappa shape index (κ2) is 7.82. The van der Waals surface area contributed by atoms with Gasteiger partial charge in [0.1, 0.15) is 0 Å². The number of piperidine rings is 1. The van der Waals surface area contributed by atoms with Gasteiger partial charge >= 0.3 is 0 Å². The third-order valence-electron chi connectivity index (χ3n) is 3.63. The summed E-state index contributed by atoms with van der Waals surface area (Å²) in [6.45, 7) is 3.58. The van der Waals surface area contributed by atoms with Gasteiger partial charge in [-0.2, -0.15) is 11.8 Å². The average Bonchev–Trinajstić information content (AvgIpc) is 2.45. The van der Waals surface area contributed by atoms with Gasteiger partial charge < -0.3 is 10.2 Å². The lowest BCUT2D eigenvalue weighted by Crippen LogP contribution is -2.41. The maximum atomic E-state index is 3.43. The molecule has 1 saturated heterocycles. The van der Waals surface area contributed by atoms with E-state index >= 15 is 0 Å². The van der Waals surface area contributed by atoms with Crippen LogP contribution in [0.2, 0.25) is 0 Å². The number of rotatable bonds is 6. The van der Waals surface area contributed by atoms with Gasteiger partial charge in [-0.25, -0.2) is 0 Å². The van der Waals surface area contributed by atoms with Crippen LogP contribution in [0, 0.1) is 0 Å². The van der Waals surface area contributed by atoms with Crippen LogP contribution in [0.1, 0.15) is 18.4 Å². The molecule has 0 spiro atoms. The molecule has 0 amide bonds. The lowest BCUT2D eigenvalue weighted by Gasteiger charge is -2.31. The van der Waals surface area contributed by atoms with Crippen molar-refractivity contribution in [3.63, 3.8) is 0 Å². The highest BCUT2D eigenvalue weighted by Gasteiger charge is 2.16. The zero-order valence-corrected chi connectivity index (χ0v) is 12.1. The largest absolute Gasteiger partial charge is 0.317 e. The third-order valence-corrected chi connectivity index (χ3v) is 4.64. The summed E-state index contributed by atoms with van der Waals surface area (Å²) in [5.74, 6) is 2.37. The molecule has 0 unspecified atom stereocenters. The summed E-state index contributed by atoms with van der Waals surface area (Å²) in [5, 5.41) is 3.43. The molecule has 0 saturated carbocycles. The summed E-state index contributed by atoms with van der Waals surface area (Å²) in [7, 11) is 2.28. The summed E-state index contributed by atoms with van der Waals surface area (Å²) in [5.41, 5.74) is 1.44. The van der Waals surface area contributed by atoms with Crippen molar-refractivity contribution in [1.82, 2.24) is 10.2 Å². The van der Waals surface area contributed by atoms with E-state index in [1.807, 2.05) is 11.8 Å². The van der Waals surface area contributed by atoms with Gasteiger partial charge in [0.15, 0.2) is 0 Å². The van der Waals surface area contributed by atoms with Gasteiger partial charge in [-0.1, -0.05) is 30.3 Å². The maximum absolute atomic E-state index is 3.43. The van der Waals surface area contributed by atoms with E-state index in [1.165, 1.54) is 43.8 Å². The van der Waals surface area contributed by atoms with Crippen LogP contribution >= 0.6 is 11.8 Å². The van der Waals surface area contributed by atoms with Crippen molar-refractivity contribution in [3.8, 4) is 0 Å². The molecule has 18 heavy (non-hydrogen) atoms. The van der Waals surface area contributed by atoms with Crippen LogP contribution in [0.25, 0.3) is 0 Å². The molecule has 0 aromatic heterocycles. The van der Waals surface area contributed by atoms with Crippen molar-refractivity contribution in [2.45, 2.75) is 24.6 Å². The van der Waals surface area contributed by atoms with Crippen molar-refractivity contribution < 1.29 is 0 Å². The van der Waals surface area contributed by atoms with Crippen molar-refractivity contribution in [1.29, 1.82) is 0 Å². The minimum absolute atomic E-state index is 0.795. The zero-order valence-electron chi connectivity index (χ0n) is 11.3. The van der Waals surface area contributed by atoms with E-state index in [-0.39, 0.29) is 0 Å². The van der Waals surface area contributed by atoms with Crippen LogP contribution in [0.15, 0.2) is 30.3 Å². The summed E-state index contributed by atoms with van der Waals surface area (Å²) in [6, 6.07) is 11.5.